The van der Waals surface area contributed by atoms with E-state index in [0.29, 0.717) is 18.5 Å². The van der Waals surface area contributed by atoms with Gasteiger partial charge in [0.25, 0.3) is 11.8 Å². The van der Waals surface area contributed by atoms with E-state index < -0.39 is 35.1 Å². The Bertz CT molecular complexity index is 1070. The summed E-state index contributed by atoms with van der Waals surface area (Å²) in [5.41, 5.74) is 0.611. The Balaban J connectivity index is 1.33. The average molecular weight is 450 g/mol. The van der Waals surface area contributed by atoms with Crippen molar-refractivity contribution < 1.29 is 28.2 Å². The maximum Gasteiger partial charge on any atom is 0.274 e. The van der Waals surface area contributed by atoms with Crippen LogP contribution in [0.25, 0.3) is 0 Å². The van der Waals surface area contributed by atoms with Crippen LogP contribution >= 0.6 is 11.6 Å². The van der Waals surface area contributed by atoms with Crippen LogP contribution in [-0.4, -0.2) is 40.2 Å². The molecule has 1 atom stereocenters. The molecule has 2 aromatic rings. The highest BCUT2D eigenvalue weighted by Gasteiger charge is 2.50. The molecular formula is C21H18ClF2N3O4. The van der Waals surface area contributed by atoms with Gasteiger partial charge in [-0.2, -0.15) is 0 Å². The van der Waals surface area contributed by atoms with E-state index in [4.69, 9.17) is 16.3 Å². The van der Waals surface area contributed by atoms with E-state index in [2.05, 4.69) is 15.6 Å². The van der Waals surface area contributed by atoms with E-state index in [9.17, 15) is 23.5 Å². The molecule has 5 rings (SSSR count). The number of fused-ring (bicyclic) bond motifs is 2. The van der Waals surface area contributed by atoms with Crippen LogP contribution in [0.3, 0.4) is 0 Å². The number of aromatic nitrogens is 1. The van der Waals surface area contributed by atoms with Gasteiger partial charge in [0.05, 0.1) is 22.9 Å². The standard InChI is InChI=1S/C21H18ClF2N3O4/c22-14-3-2-13(5-15(14)24)31-10-18(29)27-21-6-11(7-21)19(17(28)8-21)26-20(30)16-4-1-12(23)9-25-16/h1-5,9,17,28H,6-8,10H2,(H,26,30)(H,27,29). The van der Waals surface area contributed by atoms with E-state index in [1.165, 1.54) is 18.2 Å². The molecule has 7 nitrogen and oxygen atoms in total. The fourth-order valence-electron chi connectivity index (χ4n) is 3.86. The van der Waals surface area contributed by atoms with Crippen molar-refractivity contribution in [2.75, 3.05) is 6.61 Å². The number of carbonyl (C=O) groups is 2. The first kappa shape index (κ1) is 21.2. The molecule has 10 heteroatoms. The molecule has 2 amide bonds. The predicted molar refractivity (Wildman–Crippen MR) is 106 cm³/mol. The zero-order chi connectivity index (χ0) is 22.2. The number of hydrogen-bond donors (Lipinski definition) is 3. The van der Waals surface area contributed by atoms with Crippen LogP contribution in [0.5, 0.6) is 5.75 Å². The maximum atomic E-state index is 13.4. The molecule has 1 aromatic heterocycles. The normalized spacial score (nSPS) is 21.9. The number of nitrogens with zero attached hydrogens (tertiary/aromatic N) is 1. The lowest BCUT2D eigenvalue weighted by atomic mass is 9.63. The SMILES string of the molecule is O=C(COc1ccc(Cl)c(F)c1)NC12CC(=C(NC(=O)c3ccc(F)cn3)C(O)C1)C2. The van der Waals surface area contributed by atoms with Crippen LogP contribution in [0.15, 0.2) is 47.8 Å². The fraction of sp³-hybridized carbons (Fsp3) is 0.286. The van der Waals surface area contributed by atoms with Gasteiger partial charge in [-0.3, -0.25) is 9.59 Å². The molecule has 3 aliphatic rings. The summed E-state index contributed by atoms with van der Waals surface area (Å²) >= 11 is 5.61. The molecular weight excluding hydrogens is 432 g/mol. The number of amides is 2. The Morgan fingerprint density at radius 1 is 1.26 bits per heavy atom. The summed E-state index contributed by atoms with van der Waals surface area (Å²) in [6.45, 7) is -0.322. The van der Waals surface area contributed by atoms with Crippen molar-refractivity contribution in [3.63, 3.8) is 0 Å². The smallest absolute Gasteiger partial charge is 0.274 e. The lowest BCUT2D eigenvalue weighted by molar-refractivity contribution is -0.126. The van der Waals surface area contributed by atoms with Gasteiger partial charge in [0, 0.05) is 18.2 Å². The molecule has 1 heterocycles. The molecule has 1 fully saturated rings. The largest absolute Gasteiger partial charge is 0.484 e. The van der Waals surface area contributed by atoms with Crippen molar-refractivity contribution in [1.82, 2.24) is 15.6 Å². The number of nitrogens with one attached hydrogen (secondary N) is 2. The van der Waals surface area contributed by atoms with Gasteiger partial charge < -0.3 is 20.5 Å². The van der Waals surface area contributed by atoms with E-state index >= 15 is 0 Å². The van der Waals surface area contributed by atoms with Crippen molar-refractivity contribution in [3.05, 3.63) is 70.1 Å². The van der Waals surface area contributed by atoms with Gasteiger partial charge in [-0.1, -0.05) is 11.6 Å². The molecule has 162 valence electrons. The van der Waals surface area contributed by atoms with Crippen LogP contribution in [0.2, 0.25) is 5.02 Å². The molecule has 31 heavy (non-hydrogen) atoms. The molecule has 1 saturated carbocycles. The second-order valence-corrected chi connectivity index (χ2v) is 8.01. The highest BCUT2D eigenvalue weighted by molar-refractivity contribution is 6.30. The number of benzene rings is 1. The van der Waals surface area contributed by atoms with Crippen molar-refractivity contribution in [2.45, 2.75) is 30.9 Å². The number of halogens is 3. The topological polar surface area (TPSA) is 101 Å². The molecule has 0 aliphatic heterocycles. The minimum atomic E-state index is -0.978. The molecule has 0 spiro atoms. The number of ether oxygens (including phenoxy) is 1. The van der Waals surface area contributed by atoms with Crippen molar-refractivity contribution in [3.8, 4) is 5.75 Å². The zero-order valence-electron chi connectivity index (χ0n) is 16.1. The first-order valence-corrected chi connectivity index (χ1v) is 9.84. The summed E-state index contributed by atoms with van der Waals surface area (Å²) in [6.07, 6.45) is 1.11. The summed E-state index contributed by atoms with van der Waals surface area (Å²) in [4.78, 5) is 28.3. The minimum Gasteiger partial charge on any atom is -0.484 e. The monoisotopic (exact) mass is 449 g/mol. The van der Waals surface area contributed by atoms with Crippen molar-refractivity contribution in [2.24, 2.45) is 0 Å². The van der Waals surface area contributed by atoms with Gasteiger partial charge in [0.2, 0.25) is 0 Å². The molecule has 1 aromatic carbocycles. The number of rotatable bonds is 6. The van der Waals surface area contributed by atoms with Crippen LogP contribution < -0.4 is 15.4 Å². The predicted octanol–water partition coefficient (Wildman–Crippen LogP) is 2.49. The molecule has 2 bridgehead atoms. The first-order chi connectivity index (χ1) is 14.7. The lowest BCUT2D eigenvalue weighted by Crippen LogP contribution is -2.61. The van der Waals surface area contributed by atoms with E-state index in [1.54, 1.807) is 0 Å². The highest BCUT2D eigenvalue weighted by atomic mass is 35.5. The van der Waals surface area contributed by atoms with E-state index in [0.717, 1.165) is 23.9 Å². The maximum absolute atomic E-state index is 13.4. The lowest BCUT2D eigenvalue weighted by Gasteiger charge is -2.51. The Labute approximate surface area is 181 Å². The third kappa shape index (κ3) is 4.52. The molecule has 1 unspecified atom stereocenters. The van der Waals surface area contributed by atoms with Crippen LogP contribution in [-0.2, 0) is 4.79 Å². The number of hydrogen-bond acceptors (Lipinski definition) is 5. The first-order valence-electron chi connectivity index (χ1n) is 9.46. The van der Waals surface area contributed by atoms with Gasteiger partial charge in [0.1, 0.15) is 23.1 Å². The fourth-order valence-corrected chi connectivity index (χ4v) is 3.98. The summed E-state index contributed by atoms with van der Waals surface area (Å²) in [5.74, 6) is -1.99. The number of carbonyl (C=O) groups excluding carboxylic acids is 2. The van der Waals surface area contributed by atoms with Gasteiger partial charge in [-0.25, -0.2) is 13.8 Å². The molecule has 0 saturated heterocycles. The second kappa shape index (κ2) is 8.24. The third-order valence-corrected chi connectivity index (χ3v) is 5.58. The Hall–Kier alpha value is -3.04. The van der Waals surface area contributed by atoms with E-state index in [1.807, 2.05) is 0 Å². The van der Waals surface area contributed by atoms with Crippen LogP contribution in [0, 0.1) is 11.6 Å². The Morgan fingerprint density at radius 2 is 2.03 bits per heavy atom. The number of aliphatic hydroxyl groups is 1. The second-order valence-electron chi connectivity index (χ2n) is 7.60. The van der Waals surface area contributed by atoms with Crippen molar-refractivity contribution in [1.29, 1.82) is 0 Å². The summed E-state index contributed by atoms with van der Waals surface area (Å²) in [6, 6.07) is 6.26. The van der Waals surface area contributed by atoms with Crippen LogP contribution in [0.1, 0.15) is 29.8 Å². The molecule has 3 aliphatic carbocycles. The minimum absolute atomic E-state index is 0.0296. The van der Waals surface area contributed by atoms with Gasteiger partial charge in [-0.15, -0.1) is 0 Å². The van der Waals surface area contributed by atoms with Crippen molar-refractivity contribution >= 4 is 23.4 Å². The van der Waals surface area contributed by atoms with E-state index in [-0.39, 0.29) is 29.5 Å². The Kier molecular flexibility index (Phi) is 5.63. The average Bonchev–Trinajstić information content (AvgIpc) is 2.70. The summed E-state index contributed by atoms with van der Waals surface area (Å²) < 4.78 is 31.7. The van der Waals surface area contributed by atoms with Gasteiger partial charge in [-0.05, 0) is 42.7 Å². The zero-order valence-corrected chi connectivity index (χ0v) is 16.9. The number of aliphatic hydroxyl groups excluding tert-OH is 1. The Morgan fingerprint density at radius 3 is 2.68 bits per heavy atom. The molecule has 0 radical (unpaired) electrons. The van der Waals surface area contributed by atoms with Crippen LogP contribution in [0.4, 0.5) is 8.78 Å². The van der Waals surface area contributed by atoms with Gasteiger partial charge >= 0.3 is 0 Å². The highest BCUT2D eigenvalue weighted by Crippen LogP contribution is 2.47. The van der Waals surface area contributed by atoms with Gasteiger partial charge in [0.15, 0.2) is 6.61 Å². The molecule has 3 N–H and O–H groups in total. The summed E-state index contributed by atoms with van der Waals surface area (Å²) in [5, 5.41) is 15.9. The quantitative estimate of drug-likeness (QED) is 0.629. The third-order valence-electron chi connectivity index (χ3n) is 5.28. The number of pyridine rings is 1. The summed E-state index contributed by atoms with van der Waals surface area (Å²) in [7, 11) is 0.